The molecule has 0 aromatic heterocycles. The molecule has 7 heteroatoms. The molecule has 1 aliphatic rings. The van der Waals surface area contributed by atoms with Crippen molar-refractivity contribution in [2.75, 3.05) is 13.1 Å². The summed E-state index contributed by atoms with van der Waals surface area (Å²) >= 11 is 0. The molecule has 1 saturated heterocycles. The van der Waals surface area contributed by atoms with Crippen molar-refractivity contribution in [3.63, 3.8) is 0 Å². The van der Waals surface area contributed by atoms with Gasteiger partial charge in [-0.05, 0) is 42.5 Å². The lowest BCUT2D eigenvalue weighted by molar-refractivity contribution is -0.274. The Morgan fingerprint density at radius 2 is 1.76 bits per heavy atom. The lowest BCUT2D eigenvalue weighted by Gasteiger charge is -2.33. The summed E-state index contributed by atoms with van der Waals surface area (Å²) < 4.78 is 46.4. The Bertz CT molecular complexity index is 778. The molecule has 156 valence electrons. The van der Waals surface area contributed by atoms with Crippen LogP contribution in [0.25, 0.3) is 0 Å². The van der Waals surface area contributed by atoms with Gasteiger partial charge in [-0.25, -0.2) is 0 Å². The Morgan fingerprint density at radius 3 is 2.45 bits per heavy atom. The number of carbonyl (C=O) groups is 1. The van der Waals surface area contributed by atoms with Crippen LogP contribution in [0.3, 0.4) is 0 Å². The van der Waals surface area contributed by atoms with Crippen LogP contribution >= 0.6 is 0 Å². The number of aryl methyl sites for hydroxylation is 1. The number of likely N-dealkylation sites (tertiary alicyclic amines) is 1. The van der Waals surface area contributed by atoms with E-state index in [0.29, 0.717) is 19.4 Å². The van der Waals surface area contributed by atoms with Gasteiger partial charge in [0.15, 0.2) is 0 Å². The highest BCUT2D eigenvalue weighted by Gasteiger charge is 2.31. The highest BCUT2D eigenvalue weighted by molar-refractivity contribution is 5.76. The number of halogens is 3. The van der Waals surface area contributed by atoms with E-state index in [1.54, 1.807) is 12.1 Å². The molecule has 0 spiro atoms. The molecule has 0 radical (unpaired) electrons. The van der Waals surface area contributed by atoms with Crippen LogP contribution in [-0.2, 0) is 22.6 Å². The Hall–Kier alpha value is -2.54. The quantitative estimate of drug-likeness (QED) is 0.666. The lowest BCUT2D eigenvalue weighted by atomic mass is 10.1. The zero-order valence-electron chi connectivity index (χ0n) is 16.0. The Balaban J connectivity index is 1.44. The molecular weight excluding hydrogens is 383 g/mol. The smallest absolute Gasteiger partial charge is 0.406 e. The van der Waals surface area contributed by atoms with Crippen molar-refractivity contribution in [1.29, 1.82) is 0 Å². The normalized spacial score (nSPS) is 17.2. The summed E-state index contributed by atoms with van der Waals surface area (Å²) in [4.78, 5) is 14.4. The summed E-state index contributed by atoms with van der Waals surface area (Å²) in [6.07, 6.45) is -1.85. The van der Waals surface area contributed by atoms with Crippen molar-refractivity contribution in [2.24, 2.45) is 0 Å². The van der Waals surface area contributed by atoms with Crippen LogP contribution in [0.5, 0.6) is 5.75 Å². The topological polar surface area (TPSA) is 38.8 Å². The van der Waals surface area contributed by atoms with E-state index in [1.165, 1.54) is 12.1 Å². The fourth-order valence-corrected chi connectivity index (χ4v) is 3.36. The number of carbonyl (C=O) groups excluding carboxylic acids is 1. The second-order valence-electron chi connectivity index (χ2n) is 7.09. The Labute approximate surface area is 168 Å². The molecule has 1 fully saturated rings. The van der Waals surface area contributed by atoms with Gasteiger partial charge in [0, 0.05) is 19.5 Å². The van der Waals surface area contributed by atoms with Crippen LogP contribution < -0.4 is 4.74 Å². The first-order valence-electron chi connectivity index (χ1n) is 9.67. The number of hydrogen-bond donors (Lipinski definition) is 0. The Kier molecular flexibility index (Phi) is 7.14. The monoisotopic (exact) mass is 407 g/mol. The molecule has 0 N–H and O–H groups in total. The minimum atomic E-state index is -4.70. The highest BCUT2D eigenvalue weighted by atomic mass is 19.4. The van der Waals surface area contributed by atoms with Crippen LogP contribution in [0.15, 0.2) is 54.6 Å². The third-order valence-corrected chi connectivity index (χ3v) is 4.84. The van der Waals surface area contributed by atoms with Crippen molar-refractivity contribution in [1.82, 2.24) is 4.90 Å². The van der Waals surface area contributed by atoms with Gasteiger partial charge < -0.3 is 14.4 Å². The number of benzene rings is 2. The largest absolute Gasteiger partial charge is 0.573 e. The van der Waals surface area contributed by atoms with E-state index in [1.807, 2.05) is 35.2 Å². The predicted octanol–water partition coefficient (Wildman–Crippen LogP) is 4.73. The minimum absolute atomic E-state index is 0.0736. The van der Waals surface area contributed by atoms with Crippen molar-refractivity contribution in [3.05, 3.63) is 65.7 Å². The van der Waals surface area contributed by atoms with E-state index >= 15 is 0 Å². The van der Waals surface area contributed by atoms with Crippen molar-refractivity contribution < 1.29 is 27.4 Å². The summed E-state index contributed by atoms with van der Waals surface area (Å²) in [6.45, 7) is 1.56. The third kappa shape index (κ3) is 7.09. The lowest BCUT2D eigenvalue weighted by Crippen LogP contribution is -2.43. The van der Waals surface area contributed by atoms with Crippen LogP contribution in [0.4, 0.5) is 13.2 Å². The van der Waals surface area contributed by atoms with Crippen LogP contribution in [0, 0.1) is 0 Å². The molecule has 1 unspecified atom stereocenters. The van der Waals surface area contributed by atoms with Gasteiger partial charge in [0.05, 0.1) is 12.7 Å². The van der Waals surface area contributed by atoms with Gasteiger partial charge in [-0.15, -0.1) is 13.2 Å². The molecule has 2 aromatic rings. The van der Waals surface area contributed by atoms with E-state index in [4.69, 9.17) is 4.74 Å². The standard InChI is InChI=1S/C22H24F3NO3/c23-22(24,25)29-19-11-8-18(9-12-19)16-28-20-7-4-14-26(15-20)21(27)13-10-17-5-2-1-3-6-17/h1-3,5-6,8-9,11-12,20H,4,7,10,13-16H2. The van der Waals surface area contributed by atoms with E-state index < -0.39 is 6.36 Å². The zero-order valence-corrected chi connectivity index (χ0v) is 16.0. The summed E-state index contributed by atoms with van der Waals surface area (Å²) in [5.74, 6) is -0.134. The first kappa shape index (κ1) is 21.2. The van der Waals surface area contributed by atoms with Crippen LogP contribution in [0.1, 0.15) is 30.4 Å². The van der Waals surface area contributed by atoms with Gasteiger partial charge in [0.25, 0.3) is 0 Å². The molecule has 0 saturated carbocycles. The van der Waals surface area contributed by atoms with Crippen molar-refractivity contribution in [2.45, 2.75) is 44.8 Å². The number of hydrogen-bond acceptors (Lipinski definition) is 3. The van der Waals surface area contributed by atoms with Crippen molar-refractivity contribution >= 4 is 5.91 Å². The van der Waals surface area contributed by atoms with Gasteiger partial charge in [-0.3, -0.25) is 4.79 Å². The molecule has 0 bridgehead atoms. The second-order valence-corrected chi connectivity index (χ2v) is 7.09. The summed E-state index contributed by atoms with van der Waals surface area (Å²) in [5, 5.41) is 0. The zero-order chi connectivity index (χ0) is 20.7. The molecule has 3 rings (SSSR count). The molecule has 0 aliphatic carbocycles. The molecule has 4 nitrogen and oxygen atoms in total. The first-order chi connectivity index (χ1) is 13.9. The second kappa shape index (κ2) is 9.78. The van der Waals surface area contributed by atoms with E-state index in [0.717, 1.165) is 30.5 Å². The number of amides is 1. The maximum Gasteiger partial charge on any atom is 0.573 e. The van der Waals surface area contributed by atoms with E-state index in [-0.39, 0.29) is 24.4 Å². The molecule has 2 aromatic carbocycles. The van der Waals surface area contributed by atoms with Gasteiger partial charge >= 0.3 is 6.36 Å². The average molecular weight is 407 g/mol. The summed E-state index contributed by atoms with van der Waals surface area (Å²) in [7, 11) is 0. The van der Waals surface area contributed by atoms with Crippen LogP contribution in [0.2, 0.25) is 0 Å². The van der Waals surface area contributed by atoms with Crippen LogP contribution in [-0.4, -0.2) is 36.4 Å². The SMILES string of the molecule is O=C(CCc1ccccc1)N1CCCC(OCc2ccc(OC(F)(F)F)cc2)C1. The molecule has 29 heavy (non-hydrogen) atoms. The molecule has 1 aliphatic heterocycles. The number of ether oxygens (including phenoxy) is 2. The van der Waals surface area contributed by atoms with Gasteiger partial charge in [0.2, 0.25) is 5.91 Å². The fourth-order valence-electron chi connectivity index (χ4n) is 3.36. The van der Waals surface area contributed by atoms with Gasteiger partial charge in [-0.1, -0.05) is 42.5 Å². The predicted molar refractivity (Wildman–Crippen MR) is 102 cm³/mol. The molecule has 1 heterocycles. The fraction of sp³-hybridized carbons (Fsp3) is 0.409. The molecule has 1 atom stereocenters. The van der Waals surface area contributed by atoms with Gasteiger partial charge in [-0.2, -0.15) is 0 Å². The maximum absolute atomic E-state index is 12.5. The van der Waals surface area contributed by atoms with E-state index in [9.17, 15) is 18.0 Å². The third-order valence-electron chi connectivity index (χ3n) is 4.84. The summed E-state index contributed by atoms with van der Waals surface area (Å²) in [6, 6.07) is 15.5. The Morgan fingerprint density at radius 1 is 1.03 bits per heavy atom. The first-order valence-corrected chi connectivity index (χ1v) is 9.67. The van der Waals surface area contributed by atoms with Crippen molar-refractivity contribution in [3.8, 4) is 5.75 Å². The average Bonchev–Trinajstić information content (AvgIpc) is 2.71. The number of rotatable bonds is 7. The minimum Gasteiger partial charge on any atom is -0.406 e. The number of piperidine rings is 1. The highest BCUT2D eigenvalue weighted by Crippen LogP contribution is 2.23. The number of nitrogens with zero attached hydrogens (tertiary/aromatic N) is 1. The van der Waals surface area contributed by atoms with Gasteiger partial charge in [0.1, 0.15) is 5.75 Å². The maximum atomic E-state index is 12.5. The summed E-state index contributed by atoms with van der Waals surface area (Å²) in [5.41, 5.74) is 1.90. The molecule has 1 amide bonds. The molecular formula is C22H24F3NO3. The van der Waals surface area contributed by atoms with E-state index in [2.05, 4.69) is 4.74 Å². The number of alkyl halides is 3.